The molecule has 0 heterocycles. The van der Waals surface area contributed by atoms with Crippen LogP contribution in [0.1, 0.15) is 37.0 Å². The summed E-state index contributed by atoms with van der Waals surface area (Å²) in [5, 5.41) is 3.49. The highest BCUT2D eigenvalue weighted by atomic mass is 79.9. The zero-order chi connectivity index (χ0) is 17.5. The largest absolute Gasteiger partial charge is 0.493 e. The molecule has 1 atom stereocenters. The fourth-order valence-electron chi connectivity index (χ4n) is 2.37. The van der Waals surface area contributed by atoms with E-state index in [2.05, 4.69) is 60.2 Å². The summed E-state index contributed by atoms with van der Waals surface area (Å²) in [5.74, 6) is 1.49. The van der Waals surface area contributed by atoms with E-state index in [9.17, 15) is 0 Å². The third-order valence-corrected chi connectivity index (χ3v) is 4.78. The zero-order valence-electron chi connectivity index (χ0n) is 14.9. The van der Waals surface area contributed by atoms with Crippen molar-refractivity contribution in [2.75, 3.05) is 7.11 Å². The van der Waals surface area contributed by atoms with Crippen molar-refractivity contribution in [1.82, 2.24) is 5.32 Å². The maximum atomic E-state index is 6.04. The number of nitrogens with one attached hydrogen (secondary N) is 1. The number of hydrogen-bond donors (Lipinski definition) is 1. The maximum Gasteiger partial charge on any atom is 0.175 e. The Hall–Kier alpha value is -1.52. The second-order valence-electron chi connectivity index (χ2n) is 6.01. The SMILES string of the molecule is CCC(C)NCc1cc(Br)c(OCc2ccccc2C)c(OC)c1. The van der Waals surface area contributed by atoms with E-state index in [-0.39, 0.29) is 0 Å². The fraction of sp³-hybridized carbons (Fsp3) is 0.400. The molecule has 0 aliphatic heterocycles. The van der Waals surface area contributed by atoms with Crippen LogP contribution in [-0.2, 0) is 13.2 Å². The van der Waals surface area contributed by atoms with Gasteiger partial charge in [0.05, 0.1) is 11.6 Å². The first-order valence-corrected chi connectivity index (χ1v) is 9.11. The molecular weight excluding hydrogens is 366 g/mol. The van der Waals surface area contributed by atoms with Gasteiger partial charge < -0.3 is 14.8 Å². The lowest BCUT2D eigenvalue weighted by molar-refractivity contribution is 0.281. The number of rotatable bonds is 8. The van der Waals surface area contributed by atoms with Gasteiger partial charge in [-0.1, -0.05) is 31.2 Å². The normalized spacial score (nSPS) is 12.0. The van der Waals surface area contributed by atoms with E-state index in [4.69, 9.17) is 9.47 Å². The Morgan fingerprint density at radius 3 is 2.62 bits per heavy atom. The lowest BCUT2D eigenvalue weighted by atomic mass is 10.1. The molecule has 4 heteroatoms. The highest BCUT2D eigenvalue weighted by Crippen LogP contribution is 2.37. The zero-order valence-corrected chi connectivity index (χ0v) is 16.4. The lowest BCUT2D eigenvalue weighted by Gasteiger charge is -2.16. The molecule has 0 radical (unpaired) electrons. The van der Waals surface area contributed by atoms with Gasteiger partial charge in [0, 0.05) is 12.6 Å². The molecule has 0 fully saturated rings. The van der Waals surface area contributed by atoms with Crippen LogP contribution in [0.4, 0.5) is 0 Å². The summed E-state index contributed by atoms with van der Waals surface area (Å²) in [5.41, 5.74) is 3.57. The molecule has 0 aromatic heterocycles. The van der Waals surface area contributed by atoms with Crippen molar-refractivity contribution in [1.29, 1.82) is 0 Å². The third-order valence-electron chi connectivity index (χ3n) is 4.19. The first-order valence-electron chi connectivity index (χ1n) is 8.32. The predicted octanol–water partition coefficient (Wildman–Crippen LogP) is 5.23. The molecule has 0 amide bonds. The van der Waals surface area contributed by atoms with Gasteiger partial charge >= 0.3 is 0 Å². The van der Waals surface area contributed by atoms with Gasteiger partial charge in [0.2, 0.25) is 0 Å². The van der Waals surface area contributed by atoms with Crippen LogP contribution in [0.5, 0.6) is 11.5 Å². The van der Waals surface area contributed by atoms with Crippen molar-refractivity contribution in [3.8, 4) is 11.5 Å². The second-order valence-corrected chi connectivity index (χ2v) is 6.87. The van der Waals surface area contributed by atoms with E-state index in [1.165, 1.54) is 16.7 Å². The average molecular weight is 392 g/mol. The molecule has 24 heavy (non-hydrogen) atoms. The van der Waals surface area contributed by atoms with Crippen LogP contribution in [0.3, 0.4) is 0 Å². The van der Waals surface area contributed by atoms with Gasteiger partial charge in [-0.05, 0) is 65.0 Å². The van der Waals surface area contributed by atoms with E-state index in [0.29, 0.717) is 12.6 Å². The first-order chi connectivity index (χ1) is 11.5. The molecule has 0 saturated heterocycles. The molecule has 130 valence electrons. The van der Waals surface area contributed by atoms with Crippen LogP contribution in [0.15, 0.2) is 40.9 Å². The van der Waals surface area contributed by atoms with E-state index < -0.39 is 0 Å². The minimum absolute atomic E-state index is 0.492. The van der Waals surface area contributed by atoms with Crippen LogP contribution in [0, 0.1) is 6.92 Å². The molecule has 0 spiro atoms. The van der Waals surface area contributed by atoms with E-state index >= 15 is 0 Å². The average Bonchev–Trinajstić information content (AvgIpc) is 2.59. The van der Waals surface area contributed by atoms with Crippen LogP contribution >= 0.6 is 15.9 Å². The van der Waals surface area contributed by atoms with Crippen molar-refractivity contribution in [2.45, 2.75) is 46.4 Å². The van der Waals surface area contributed by atoms with Gasteiger partial charge in [-0.2, -0.15) is 0 Å². The summed E-state index contributed by atoms with van der Waals surface area (Å²) in [4.78, 5) is 0. The Balaban J connectivity index is 2.13. The molecule has 0 bridgehead atoms. The molecule has 2 rings (SSSR count). The number of ether oxygens (including phenoxy) is 2. The van der Waals surface area contributed by atoms with Gasteiger partial charge in [0.1, 0.15) is 6.61 Å². The van der Waals surface area contributed by atoms with Crippen molar-refractivity contribution < 1.29 is 9.47 Å². The molecule has 3 nitrogen and oxygen atoms in total. The summed E-state index contributed by atoms with van der Waals surface area (Å²) in [6, 6.07) is 12.9. The summed E-state index contributed by atoms with van der Waals surface area (Å²) in [7, 11) is 1.67. The predicted molar refractivity (Wildman–Crippen MR) is 103 cm³/mol. The number of hydrogen-bond acceptors (Lipinski definition) is 3. The molecule has 1 N–H and O–H groups in total. The number of aryl methyl sites for hydroxylation is 1. The number of methoxy groups -OCH3 is 1. The Labute approximate surface area is 153 Å². The second kappa shape index (κ2) is 9.09. The van der Waals surface area contributed by atoms with Gasteiger partial charge in [-0.25, -0.2) is 0 Å². The standard InChI is InChI=1S/C20H26BrNO2/c1-5-15(3)22-12-16-10-18(21)20(19(11-16)23-4)24-13-17-9-7-6-8-14(17)2/h6-11,15,22H,5,12-13H2,1-4H3. The molecular formula is C20H26BrNO2. The highest BCUT2D eigenvalue weighted by molar-refractivity contribution is 9.10. The minimum Gasteiger partial charge on any atom is -0.493 e. The van der Waals surface area contributed by atoms with Gasteiger partial charge in [-0.3, -0.25) is 0 Å². The Morgan fingerprint density at radius 2 is 1.96 bits per heavy atom. The van der Waals surface area contributed by atoms with E-state index in [1.54, 1.807) is 7.11 Å². The quantitative estimate of drug-likeness (QED) is 0.667. The molecule has 0 aliphatic carbocycles. The summed E-state index contributed by atoms with van der Waals surface area (Å²) in [6.45, 7) is 7.78. The third kappa shape index (κ3) is 4.99. The Morgan fingerprint density at radius 1 is 1.21 bits per heavy atom. The van der Waals surface area contributed by atoms with Crippen molar-refractivity contribution in [3.63, 3.8) is 0 Å². The van der Waals surface area contributed by atoms with Crippen LogP contribution in [0.25, 0.3) is 0 Å². The Kier molecular flexibility index (Phi) is 7.13. The van der Waals surface area contributed by atoms with Crippen LogP contribution in [0.2, 0.25) is 0 Å². The van der Waals surface area contributed by atoms with Crippen LogP contribution < -0.4 is 14.8 Å². The summed E-state index contributed by atoms with van der Waals surface area (Å²) >= 11 is 3.62. The van der Waals surface area contributed by atoms with Crippen LogP contribution in [-0.4, -0.2) is 13.2 Å². The maximum absolute atomic E-state index is 6.04. The summed E-state index contributed by atoms with van der Waals surface area (Å²) < 4.78 is 12.5. The molecule has 0 aliphatic rings. The monoisotopic (exact) mass is 391 g/mol. The number of halogens is 1. The molecule has 2 aromatic carbocycles. The van der Waals surface area contributed by atoms with E-state index in [1.807, 2.05) is 18.2 Å². The molecule has 2 aromatic rings. The topological polar surface area (TPSA) is 30.5 Å². The molecule has 0 saturated carbocycles. The number of benzene rings is 2. The fourth-order valence-corrected chi connectivity index (χ4v) is 2.98. The van der Waals surface area contributed by atoms with E-state index in [0.717, 1.165) is 28.9 Å². The highest BCUT2D eigenvalue weighted by Gasteiger charge is 2.13. The van der Waals surface area contributed by atoms with Crippen molar-refractivity contribution in [3.05, 3.63) is 57.6 Å². The van der Waals surface area contributed by atoms with Gasteiger partial charge in [0.15, 0.2) is 11.5 Å². The lowest BCUT2D eigenvalue weighted by Crippen LogP contribution is -2.24. The molecule has 1 unspecified atom stereocenters. The summed E-state index contributed by atoms with van der Waals surface area (Å²) in [6.07, 6.45) is 1.11. The first kappa shape index (κ1) is 18.8. The van der Waals surface area contributed by atoms with Crippen molar-refractivity contribution in [2.24, 2.45) is 0 Å². The smallest absolute Gasteiger partial charge is 0.175 e. The van der Waals surface area contributed by atoms with Crippen molar-refractivity contribution >= 4 is 15.9 Å². The van der Waals surface area contributed by atoms with Gasteiger partial charge in [0.25, 0.3) is 0 Å². The Bertz CT molecular complexity index is 673. The van der Waals surface area contributed by atoms with Gasteiger partial charge in [-0.15, -0.1) is 0 Å². The minimum atomic E-state index is 0.492.